The van der Waals surface area contributed by atoms with Crippen molar-refractivity contribution in [3.8, 4) is 0 Å². The summed E-state index contributed by atoms with van der Waals surface area (Å²) < 4.78 is 5.72. The molecule has 0 aromatic heterocycles. The number of nitrogens with one attached hydrogen (secondary N) is 1. The van der Waals surface area contributed by atoms with E-state index in [9.17, 15) is 4.79 Å². The number of hydrogen-bond donors (Lipinski definition) is 1. The third-order valence-electron chi connectivity index (χ3n) is 3.78. The SMILES string of the molecule is CC1CN(C(C)C(=O)N2CCNCC2)CC(C)O1. The molecule has 3 atom stereocenters. The van der Waals surface area contributed by atoms with Crippen molar-refractivity contribution in [2.75, 3.05) is 39.3 Å². The largest absolute Gasteiger partial charge is 0.373 e. The first kappa shape index (κ1) is 13.8. The van der Waals surface area contributed by atoms with E-state index in [1.165, 1.54) is 0 Å². The fourth-order valence-corrected chi connectivity index (χ4v) is 2.84. The van der Waals surface area contributed by atoms with E-state index >= 15 is 0 Å². The van der Waals surface area contributed by atoms with Gasteiger partial charge >= 0.3 is 0 Å². The van der Waals surface area contributed by atoms with Gasteiger partial charge in [-0.2, -0.15) is 0 Å². The van der Waals surface area contributed by atoms with Crippen LogP contribution in [0.25, 0.3) is 0 Å². The maximum Gasteiger partial charge on any atom is 0.239 e. The molecule has 2 fully saturated rings. The van der Waals surface area contributed by atoms with Gasteiger partial charge in [0.25, 0.3) is 0 Å². The van der Waals surface area contributed by atoms with Gasteiger partial charge in [0, 0.05) is 39.3 Å². The lowest BCUT2D eigenvalue weighted by atomic mass is 10.1. The summed E-state index contributed by atoms with van der Waals surface area (Å²) in [5.74, 6) is 0.262. The fourth-order valence-electron chi connectivity index (χ4n) is 2.84. The monoisotopic (exact) mass is 255 g/mol. The number of rotatable bonds is 2. The molecule has 2 aliphatic rings. The molecule has 5 nitrogen and oxygen atoms in total. The Hall–Kier alpha value is -0.650. The van der Waals surface area contributed by atoms with Gasteiger partial charge in [0.05, 0.1) is 18.2 Å². The van der Waals surface area contributed by atoms with Gasteiger partial charge in [-0.25, -0.2) is 0 Å². The molecule has 0 aromatic rings. The lowest BCUT2D eigenvalue weighted by Crippen LogP contribution is -2.57. The van der Waals surface area contributed by atoms with Crippen molar-refractivity contribution in [1.82, 2.24) is 15.1 Å². The molecule has 0 spiro atoms. The number of carbonyl (C=O) groups excluding carboxylic acids is 1. The van der Waals surface area contributed by atoms with Crippen LogP contribution in [0.2, 0.25) is 0 Å². The van der Waals surface area contributed by atoms with E-state index in [-0.39, 0.29) is 24.2 Å². The molecule has 2 rings (SSSR count). The molecule has 3 unspecified atom stereocenters. The average Bonchev–Trinajstić information content (AvgIpc) is 2.37. The Morgan fingerprint density at radius 3 is 2.33 bits per heavy atom. The smallest absolute Gasteiger partial charge is 0.239 e. The van der Waals surface area contributed by atoms with Crippen LogP contribution < -0.4 is 5.32 Å². The highest BCUT2D eigenvalue weighted by Gasteiger charge is 2.31. The first-order valence-electron chi connectivity index (χ1n) is 6.97. The molecule has 1 N–H and O–H groups in total. The van der Waals surface area contributed by atoms with E-state index < -0.39 is 0 Å². The van der Waals surface area contributed by atoms with E-state index in [2.05, 4.69) is 24.1 Å². The Labute approximate surface area is 109 Å². The van der Waals surface area contributed by atoms with Crippen molar-refractivity contribution in [3.63, 3.8) is 0 Å². The predicted octanol–water partition coefficient (Wildman–Crippen LogP) is -0.0841. The van der Waals surface area contributed by atoms with Crippen molar-refractivity contribution >= 4 is 5.91 Å². The van der Waals surface area contributed by atoms with Crippen molar-refractivity contribution in [3.05, 3.63) is 0 Å². The normalized spacial score (nSPS) is 32.3. The van der Waals surface area contributed by atoms with E-state index in [4.69, 9.17) is 4.74 Å². The first-order valence-corrected chi connectivity index (χ1v) is 6.97. The van der Waals surface area contributed by atoms with Crippen molar-refractivity contribution in [2.24, 2.45) is 0 Å². The standard InChI is InChI=1S/C13H25N3O2/c1-10-8-16(9-11(2)18-10)12(3)13(17)15-6-4-14-5-7-15/h10-12,14H,4-9H2,1-3H3. The van der Waals surface area contributed by atoms with Gasteiger partial charge in [-0.05, 0) is 20.8 Å². The molecule has 0 saturated carbocycles. The minimum Gasteiger partial charge on any atom is -0.373 e. The summed E-state index contributed by atoms with van der Waals surface area (Å²) in [4.78, 5) is 16.7. The molecule has 2 heterocycles. The van der Waals surface area contributed by atoms with Crippen LogP contribution in [-0.2, 0) is 9.53 Å². The first-order chi connectivity index (χ1) is 8.58. The van der Waals surface area contributed by atoms with Gasteiger partial charge in [0.2, 0.25) is 5.91 Å². The van der Waals surface area contributed by atoms with Crippen LogP contribution in [0.1, 0.15) is 20.8 Å². The number of amides is 1. The Morgan fingerprint density at radius 1 is 1.22 bits per heavy atom. The maximum absolute atomic E-state index is 12.4. The van der Waals surface area contributed by atoms with Crippen LogP contribution >= 0.6 is 0 Å². The van der Waals surface area contributed by atoms with E-state index in [1.807, 2.05) is 11.8 Å². The van der Waals surface area contributed by atoms with Gasteiger partial charge in [0.1, 0.15) is 0 Å². The Balaban J connectivity index is 1.92. The van der Waals surface area contributed by atoms with Crippen LogP contribution in [0.3, 0.4) is 0 Å². The van der Waals surface area contributed by atoms with E-state index in [0.717, 1.165) is 39.3 Å². The molecule has 0 radical (unpaired) electrons. The van der Waals surface area contributed by atoms with Crippen LogP contribution in [0.15, 0.2) is 0 Å². The highest BCUT2D eigenvalue weighted by Crippen LogP contribution is 2.15. The zero-order chi connectivity index (χ0) is 13.1. The molecule has 0 bridgehead atoms. The summed E-state index contributed by atoms with van der Waals surface area (Å²) in [6, 6.07) is -0.0306. The van der Waals surface area contributed by atoms with E-state index in [1.54, 1.807) is 0 Å². The molecular formula is C13H25N3O2. The lowest BCUT2D eigenvalue weighted by Gasteiger charge is -2.40. The van der Waals surface area contributed by atoms with Crippen LogP contribution in [0, 0.1) is 0 Å². The molecule has 0 aliphatic carbocycles. The van der Waals surface area contributed by atoms with Crippen molar-refractivity contribution < 1.29 is 9.53 Å². The maximum atomic E-state index is 12.4. The summed E-state index contributed by atoms with van der Waals surface area (Å²) in [6.45, 7) is 11.4. The molecule has 104 valence electrons. The number of hydrogen-bond acceptors (Lipinski definition) is 4. The fraction of sp³-hybridized carbons (Fsp3) is 0.923. The Kier molecular flexibility index (Phi) is 4.59. The van der Waals surface area contributed by atoms with E-state index in [0.29, 0.717) is 0 Å². The molecule has 1 amide bonds. The Morgan fingerprint density at radius 2 is 1.78 bits per heavy atom. The summed E-state index contributed by atoms with van der Waals surface area (Å²) >= 11 is 0. The van der Waals surface area contributed by atoms with Gasteiger partial charge < -0.3 is 15.0 Å². The van der Waals surface area contributed by atoms with Gasteiger partial charge in [-0.1, -0.05) is 0 Å². The molecule has 2 saturated heterocycles. The highest BCUT2D eigenvalue weighted by atomic mass is 16.5. The summed E-state index contributed by atoms with van der Waals surface area (Å²) in [5, 5.41) is 3.27. The molecule has 5 heteroatoms. The highest BCUT2D eigenvalue weighted by molar-refractivity contribution is 5.81. The number of ether oxygens (including phenoxy) is 1. The quantitative estimate of drug-likeness (QED) is 0.749. The van der Waals surface area contributed by atoms with Crippen LogP contribution in [0.4, 0.5) is 0 Å². The van der Waals surface area contributed by atoms with Gasteiger partial charge in [-0.3, -0.25) is 9.69 Å². The topological polar surface area (TPSA) is 44.8 Å². The molecular weight excluding hydrogens is 230 g/mol. The summed E-state index contributed by atoms with van der Waals surface area (Å²) in [5.41, 5.74) is 0. The zero-order valence-electron chi connectivity index (χ0n) is 11.7. The van der Waals surface area contributed by atoms with Crippen molar-refractivity contribution in [2.45, 2.75) is 39.0 Å². The Bertz CT molecular complexity index is 282. The third kappa shape index (κ3) is 3.22. The predicted molar refractivity (Wildman–Crippen MR) is 70.5 cm³/mol. The molecule has 0 aromatic carbocycles. The van der Waals surface area contributed by atoms with Crippen LogP contribution in [0.5, 0.6) is 0 Å². The van der Waals surface area contributed by atoms with Crippen molar-refractivity contribution in [1.29, 1.82) is 0 Å². The second kappa shape index (κ2) is 5.99. The summed E-state index contributed by atoms with van der Waals surface area (Å²) in [6.07, 6.45) is 0.430. The minimum atomic E-state index is -0.0306. The summed E-state index contributed by atoms with van der Waals surface area (Å²) in [7, 11) is 0. The second-order valence-corrected chi connectivity index (χ2v) is 5.46. The zero-order valence-corrected chi connectivity index (χ0v) is 11.7. The molecule has 2 aliphatic heterocycles. The van der Waals surface area contributed by atoms with Crippen LogP contribution in [-0.4, -0.2) is 73.2 Å². The van der Waals surface area contributed by atoms with Gasteiger partial charge in [0.15, 0.2) is 0 Å². The number of nitrogens with zero attached hydrogens (tertiary/aromatic N) is 2. The minimum absolute atomic E-state index is 0.0306. The molecule has 18 heavy (non-hydrogen) atoms. The lowest BCUT2D eigenvalue weighted by molar-refractivity contribution is -0.142. The second-order valence-electron chi connectivity index (χ2n) is 5.46. The number of carbonyl (C=O) groups is 1. The third-order valence-corrected chi connectivity index (χ3v) is 3.78. The van der Waals surface area contributed by atoms with Gasteiger partial charge in [-0.15, -0.1) is 0 Å². The number of piperazine rings is 1. The average molecular weight is 255 g/mol. The number of morpholine rings is 1.